The van der Waals surface area contributed by atoms with E-state index >= 15 is 0 Å². The molecule has 0 heterocycles. The van der Waals surface area contributed by atoms with Crippen LogP contribution in [0, 0.1) is 0 Å². The van der Waals surface area contributed by atoms with E-state index in [1.165, 1.54) is 0 Å². The van der Waals surface area contributed by atoms with E-state index in [9.17, 15) is 5.11 Å². The average molecular weight is 368 g/mol. The summed E-state index contributed by atoms with van der Waals surface area (Å²) in [5.41, 5.74) is 7.94. The lowest BCUT2D eigenvalue weighted by atomic mass is 9.99. The van der Waals surface area contributed by atoms with Crippen LogP contribution in [0.5, 0.6) is 17.2 Å². The molecular weight excluding hydrogens is 342 g/mol. The number of methoxy groups -OCH3 is 2. The number of aliphatic hydroxyl groups excluding tert-OH is 1. The Morgan fingerprint density at radius 3 is 2.16 bits per heavy atom. The van der Waals surface area contributed by atoms with Crippen LogP contribution < -0.4 is 19.9 Å². The van der Waals surface area contributed by atoms with Gasteiger partial charge in [-0.2, -0.15) is 0 Å². The molecule has 0 aliphatic rings. The maximum atomic E-state index is 10.1. The molecule has 0 unspecified atom stereocenters. The quantitative estimate of drug-likeness (QED) is 0.747. The molecule has 0 amide bonds. The van der Waals surface area contributed by atoms with E-state index < -0.39 is 12.1 Å². The van der Waals surface area contributed by atoms with Gasteiger partial charge in [-0.25, -0.2) is 0 Å². The number of hydrogen-bond donors (Lipinski definition) is 2. The zero-order valence-corrected chi connectivity index (χ0v) is 15.6. The molecule has 0 aliphatic heterocycles. The van der Waals surface area contributed by atoms with Gasteiger partial charge in [0.15, 0.2) is 11.5 Å². The smallest absolute Gasteiger partial charge is 0.164 e. The molecule has 2 rings (SSSR count). The summed E-state index contributed by atoms with van der Waals surface area (Å²) in [6, 6.07) is 12.8. The van der Waals surface area contributed by atoms with Crippen molar-refractivity contribution in [1.29, 1.82) is 0 Å². The lowest BCUT2D eigenvalue weighted by Crippen LogP contribution is -2.26. The van der Waals surface area contributed by atoms with Crippen LogP contribution in [-0.2, 0) is 6.61 Å². The summed E-state index contributed by atoms with van der Waals surface area (Å²) in [4.78, 5) is 0. The fraction of sp³-hybridized carbons (Fsp3) is 0.368. The molecule has 0 aromatic heterocycles. The largest absolute Gasteiger partial charge is 0.493 e. The van der Waals surface area contributed by atoms with Crippen molar-refractivity contribution >= 4 is 12.4 Å². The summed E-state index contributed by atoms with van der Waals surface area (Å²) in [5, 5.41) is 10.1. The molecule has 0 fully saturated rings. The third-order valence-electron chi connectivity index (χ3n) is 3.95. The van der Waals surface area contributed by atoms with Crippen molar-refractivity contribution in [2.75, 3.05) is 14.2 Å². The minimum atomic E-state index is -0.665. The summed E-state index contributed by atoms with van der Waals surface area (Å²) in [7, 11) is 3.13. The third-order valence-corrected chi connectivity index (χ3v) is 3.95. The molecule has 2 aromatic carbocycles. The molecule has 25 heavy (non-hydrogen) atoms. The Morgan fingerprint density at radius 2 is 1.60 bits per heavy atom. The van der Waals surface area contributed by atoms with Crippen LogP contribution in [0.1, 0.15) is 30.5 Å². The summed E-state index contributed by atoms with van der Waals surface area (Å²) in [6.45, 7) is 2.29. The van der Waals surface area contributed by atoms with Crippen LogP contribution in [0.25, 0.3) is 0 Å². The molecule has 0 aliphatic carbocycles. The van der Waals surface area contributed by atoms with Crippen LogP contribution in [0.3, 0.4) is 0 Å². The molecule has 0 spiro atoms. The molecule has 0 bridgehead atoms. The number of rotatable bonds is 8. The highest BCUT2D eigenvalue weighted by atomic mass is 35.5. The molecular formula is C19H26ClNO4. The van der Waals surface area contributed by atoms with Crippen molar-refractivity contribution in [3.63, 3.8) is 0 Å². The number of hydrogen-bond acceptors (Lipinski definition) is 5. The Hall–Kier alpha value is -1.95. The molecule has 6 heteroatoms. The standard InChI is InChI=1S/C19H25NO4.ClH/c1-4-15(21)19(20)14-10-17(22-2)18(23-3)11-16(14)24-12-13-8-6-5-7-9-13;/h5-11,15,19,21H,4,12,20H2,1-3H3;1H/t15-,19+;/m1./s1. The Morgan fingerprint density at radius 1 is 1.00 bits per heavy atom. The first kappa shape index (κ1) is 21.1. The predicted octanol–water partition coefficient (Wildman–Crippen LogP) is 3.48. The second kappa shape index (κ2) is 10.1. The van der Waals surface area contributed by atoms with Crippen molar-refractivity contribution in [3.05, 3.63) is 53.6 Å². The highest BCUT2D eigenvalue weighted by molar-refractivity contribution is 5.85. The fourth-order valence-electron chi connectivity index (χ4n) is 2.46. The monoisotopic (exact) mass is 367 g/mol. The van der Waals surface area contributed by atoms with E-state index in [2.05, 4.69) is 0 Å². The first-order valence-electron chi connectivity index (χ1n) is 7.97. The summed E-state index contributed by atoms with van der Waals surface area (Å²) >= 11 is 0. The zero-order chi connectivity index (χ0) is 17.5. The molecule has 0 saturated heterocycles. The average Bonchev–Trinajstić information content (AvgIpc) is 2.65. The fourth-order valence-corrected chi connectivity index (χ4v) is 2.46. The summed E-state index contributed by atoms with van der Waals surface area (Å²) in [6.07, 6.45) is -0.115. The summed E-state index contributed by atoms with van der Waals surface area (Å²) < 4.78 is 16.6. The van der Waals surface area contributed by atoms with E-state index in [4.69, 9.17) is 19.9 Å². The predicted molar refractivity (Wildman–Crippen MR) is 101 cm³/mol. The van der Waals surface area contributed by atoms with E-state index in [0.717, 1.165) is 5.56 Å². The van der Waals surface area contributed by atoms with Crippen LogP contribution in [-0.4, -0.2) is 25.4 Å². The van der Waals surface area contributed by atoms with Gasteiger partial charge in [-0.15, -0.1) is 12.4 Å². The van der Waals surface area contributed by atoms with E-state index in [1.807, 2.05) is 37.3 Å². The third kappa shape index (κ3) is 5.26. The Labute approximate surface area is 155 Å². The molecule has 2 aromatic rings. The van der Waals surface area contributed by atoms with Gasteiger partial charge in [0.25, 0.3) is 0 Å². The van der Waals surface area contributed by atoms with Crippen LogP contribution in [0.15, 0.2) is 42.5 Å². The van der Waals surface area contributed by atoms with E-state index in [-0.39, 0.29) is 12.4 Å². The van der Waals surface area contributed by atoms with Gasteiger partial charge in [0.2, 0.25) is 0 Å². The lowest BCUT2D eigenvalue weighted by molar-refractivity contribution is 0.138. The van der Waals surface area contributed by atoms with Gasteiger partial charge in [-0.1, -0.05) is 37.3 Å². The minimum absolute atomic E-state index is 0. The normalized spacial score (nSPS) is 12.7. The molecule has 5 nitrogen and oxygen atoms in total. The number of nitrogens with two attached hydrogens (primary N) is 1. The van der Waals surface area contributed by atoms with E-state index in [0.29, 0.717) is 35.8 Å². The maximum Gasteiger partial charge on any atom is 0.164 e. The number of halogens is 1. The molecule has 0 radical (unpaired) electrons. The lowest BCUT2D eigenvalue weighted by Gasteiger charge is -2.22. The second-order valence-corrected chi connectivity index (χ2v) is 5.52. The molecule has 138 valence electrons. The van der Waals surface area contributed by atoms with Crippen LogP contribution in [0.2, 0.25) is 0 Å². The second-order valence-electron chi connectivity index (χ2n) is 5.52. The highest BCUT2D eigenvalue weighted by Crippen LogP contribution is 2.38. The first-order valence-corrected chi connectivity index (χ1v) is 7.97. The van der Waals surface area contributed by atoms with Gasteiger partial charge in [0, 0.05) is 11.6 Å². The van der Waals surface area contributed by atoms with Crippen molar-refractivity contribution in [1.82, 2.24) is 0 Å². The molecule has 3 N–H and O–H groups in total. The highest BCUT2D eigenvalue weighted by Gasteiger charge is 2.22. The number of ether oxygens (including phenoxy) is 3. The zero-order valence-electron chi connectivity index (χ0n) is 14.8. The number of benzene rings is 2. The van der Waals surface area contributed by atoms with Gasteiger partial charge >= 0.3 is 0 Å². The van der Waals surface area contributed by atoms with Crippen molar-refractivity contribution in [3.8, 4) is 17.2 Å². The van der Waals surface area contributed by atoms with E-state index in [1.54, 1.807) is 26.4 Å². The Balaban J connectivity index is 0.00000312. The SMILES string of the molecule is CC[C@@H](O)[C@@H](N)c1cc(OC)c(OC)cc1OCc1ccccc1.Cl. The van der Waals surface area contributed by atoms with Crippen LogP contribution >= 0.6 is 12.4 Å². The maximum absolute atomic E-state index is 10.1. The minimum Gasteiger partial charge on any atom is -0.493 e. The van der Waals surface area contributed by atoms with Crippen molar-refractivity contribution in [2.24, 2.45) is 5.73 Å². The van der Waals surface area contributed by atoms with Crippen molar-refractivity contribution < 1.29 is 19.3 Å². The summed E-state index contributed by atoms with van der Waals surface area (Å²) in [5.74, 6) is 1.69. The Kier molecular flexibility index (Phi) is 8.55. The van der Waals surface area contributed by atoms with Gasteiger partial charge in [-0.3, -0.25) is 0 Å². The van der Waals surface area contributed by atoms with Crippen molar-refractivity contribution in [2.45, 2.75) is 32.1 Å². The van der Waals surface area contributed by atoms with Gasteiger partial charge in [-0.05, 0) is 18.1 Å². The number of aliphatic hydroxyl groups is 1. The first-order chi connectivity index (χ1) is 11.6. The van der Waals surface area contributed by atoms with Gasteiger partial charge in [0.05, 0.1) is 26.4 Å². The molecule has 0 saturated carbocycles. The van der Waals surface area contributed by atoms with Gasteiger partial charge in [0.1, 0.15) is 12.4 Å². The van der Waals surface area contributed by atoms with Gasteiger partial charge < -0.3 is 25.1 Å². The topological polar surface area (TPSA) is 73.9 Å². The van der Waals surface area contributed by atoms with Crippen LogP contribution in [0.4, 0.5) is 0 Å². The Bertz CT molecular complexity index is 651. The molecule has 2 atom stereocenters.